The second-order valence-electron chi connectivity index (χ2n) is 1.50. The van der Waals surface area contributed by atoms with E-state index in [1.807, 2.05) is 6.92 Å². The molecular formula is C7H14OV. The molecule has 0 N–H and O–H groups in total. The van der Waals surface area contributed by atoms with Crippen LogP contribution in [0.25, 0.3) is 0 Å². The quantitative estimate of drug-likeness (QED) is 0.585. The summed E-state index contributed by atoms with van der Waals surface area (Å²) >= 11 is 0. The van der Waals surface area contributed by atoms with Gasteiger partial charge in [0.1, 0.15) is 5.78 Å². The molecule has 0 aromatic carbocycles. The number of carbonyl (C=O) groups is 1. The molecule has 0 aliphatic carbocycles. The smallest absolute Gasteiger partial charge is 0.358 e. The molecule has 0 aromatic rings. The van der Waals surface area contributed by atoms with Crippen molar-refractivity contribution < 1.29 is 23.4 Å². The first-order valence-electron chi connectivity index (χ1n) is 2.62. The SMILES string of the molecule is [CH2-]CCC(=O)CC.[CH3-].[V+2]. The fourth-order valence-corrected chi connectivity index (χ4v) is 0.374. The Morgan fingerprint density at radius 3 is 2.11 bits per heavy atom. The fourth-order valence-electron chi connectivity index (χ4n) is 0.374. The van der Waals surface area contributed by atoms with Crippen molar-refractivity contribution in [3.05, 3.63) is 14.4 Å². The fraction of sp³-hybridized carbons (Fsp3) is 0.571. The second-order valence-corrected chi connectivity index (χ2v) is 1.50. The van der Waals surface area contributed by atoms with Gasteiger partial charge in [0.15, 0.2) is 0 Å². The van der Waals surface area contributed by atoms with E-state index < -0.39 is 0 Å². The van der Waals surface area contributed by atoms with Crippen LogP contribution in [-0.4, -0.2) is 5.78 Å². The van der Waals surface area contributed by atoms with E-state index in [0.29, 0.717) is 18.6 Å². The maximum Gasteiger partial charge on any atom is 2.00 e. The van der Waals surface area contributed by atoms with E-state index in [9.17, 15) is 4.79 Å². The summed E-state index contributed by atoms with van der Waals surface area (Å²) in [5, 5.41) is 0. The van der Waals surface area contributed by atoms with E-state index in [1.54, 1.807) is 0 Å². The van der Waals surface area contributed by atoms with Gasteiger partial charge in [0.2, 0.25) is 0 Å². The van der Waals surface area contributed by atoms with Gasteiger partial charge in [-0.2, -0.15) is 6.42 Å². The van der Waals surface area contributed by atoms with Gasteiger partial charge in [0.25, 0.3) is 0 Å². The molecule has 0 amide bonds. The first kappa shape index (κ1) is 16.1. The van der Waals surface area contributed by atoms with Crippen molar-refractivity contribution in [3.63, 3.8) is 0 Å². The standard InChI is InChI=1S/C6H11O.CH3.V/c1-3-5-6(7)4-2;;/h1,3-5H2,2H3;1H3;/q2*-1;+2. The topological polar surface area (TPSA) is 17.1 Å². The summed E-state index contributed by atoms with van der Waals surface area (Å²) in [5.41, 5.74) is 0. The van der Waals surface area contributed by atoms with Gasteiger partial charge in [0.05, 0.1) is 0 Å². The van der Waals surface area contributed by atoms with Crippen molar-refractivity contribution in [1.82, 2.24) is 0 Å². The Hall–Kier alpha value is 0.254. The van der Waals surface area contributed by atoms with Crippen LogP contribution >= 0.6 is 0 Å². The Kier molecular flexibility index (Phi) is 19.9. The number of hydrogen-bond acceptors (Lipinski definition) is 1. The number of rotatable bonds is 3. The summed E-state index contributed by atoms with van der Waals surface area (Å²) in [4.78, 5) is 10.4. The van der Waals surface area contributed by atoms with Crippen LogP contribution in [0.2, 0.25) is 0 Å². The molecule has 0 fully saturated rings. The van der Waals surface area contributed by atoms with Crippen LogP contribution in [0.15, 0.2) is 0 Å². The molecule has 0 heterocycles. The predicted octanol–water partition coefficient (Wildman–Crippen LogP) is 2.03. The van der Waals surface area contributed by atoms with Crippen LogP contribution in [0.1, 0.15) is 26.2 Å². The Morgan fingerprint density at radius 2 is 2.00 bits per heavy atom. The van der Waals surface area contributed by atoms with Crippen molar-refractivity contribution in [2.24, 2.45) is 0 Å². The zero-order valence-electron chi connectivity index (χ0n) is 6.18. The van der Waals surface area contributed by atoms with Crippen molar-refractivity contribution in [1.29, 1.82) is 0 Å². The molecule has 0 rings (SSSR count). The first-order valence-corrected chi connectivity index (χ1v) is 2.62. The van der Waals surface area contributed by atoms with E-state index in [2.05, 4.69) is 6.92 Å². The third kappa shape index (κ3) is 11.7. The van der Waals surface area contributed by atoms with Gasteiger partial charge in [-0.25, -0.2) is 0 Å². The van der Waals surface area contributed by atoms with Gasteiger partial charge < -0.3 is 14.4 Å². The molecule has 0 saturated heterocycles. The van der Waals surface area contributed by atoms with Gasteiger partial charge in [-0.3, -0.25) is 4.79 Å². The molecular weight excluding hydrogens is 151 g/mol. The molecule has 53 valence electrons. The summed E-state index contributed by atoms with van der Waals surface area (Å²) in [6.07, 6.45) is 2.05. The van der Waals surface area contributed by atoms with Gasteiger partial charge in [-0.1, -0.05) is 6.92 Å². The van der Waals surface area contributed by atoms with E-state index in [4.69, 9.17) is 0 Å². The van der Waals surface area contributed by atoms with Crippen molar-refractivity contribution in [2.45, 2.75) is 26.2 Å². The van der Waals surface area contributed by atoms with E-state index in [-0.39, 0.29) is 26.0 Å². The zero-order valence-corrected chi connectivity index (χ0v) is 7.58. The number of Topliss-reactive ketones (excluding diaryl/α,β-unsaturated/α-hetero) is 1. The van der Waals surface area contributed by atoms with Crippen molar-refractivity contribution in [2.75, 3.05) is 0 Å². The molecule has 1 radical (unpaired) electrons. The number of hydrogen-bond donors (Lipinski definition) is 0. The maximum atomic E-state index is 10.4. The molecule has 0 unspecified atom stereocenters. The zero-order chi connectivity index (χ0) is 5.70. The van der Waals surface area contributed by atoms with Gasteiger partial charge in [-0.05, 0) is 6.42 Å². The summed E-state index contributed by atoms with van der Waals surface area (Å²) in [6.45, 7) is 5.43. The minimum Gasteiger partial charge on any atom is -0.358 e. The average Bonchev–Trinajstić information content (AvgIpc) is 1.68. The van der Waals surface area contributed by atoms with Crippen LogP contribution in [0.3, 0.4) is 0 Å². The molecule has 0 spiro atoms. The third-order valence-corrected chi connectivity index (χ3v) is 0.850. The monoisotopic (exact) mass is 165 g/mol. The van der Waals surface area contributed by atoms with Gasteiger partial charge in [0, 0.05) is 6.42 Å². The minimum atomic E-state index is 0. The molecule has 0 aliphatic rings. The van der Waals surface area contributed by atoms with Crippen LogP contribution in [0.5, 0.6) is 0 Å². The molecule has 0 bridgehead atoms. The molecule has 0 aliphatic heterocycles. The minimum absolute atomic E-state index is 0. The third-order valence-electron chi connectivity index (χ3n) is 0.850. The molecule has 0 saturated carbocycles. The molecule has 1 nitrogen and oxygen atoms in total. The second kappa shape index (κ2) is 11.1. The Balaban J connectivity index is -0.000000180. The maximum absolute atomic E-state index is 10.4. The Labute approximate surface area is 70.1 Å². The van der Waals surface area contributed by atoms with Crippen molar-refractivity contribution in [3.8, 4) is 0 Å². The molecule has 0 atom stereocenters. The van der Waals surface area contributed by atoms with E-state index in [0.717, 1.165) is 6.42 Å². The molecule has 0 aromatic heterocycles. The largest absolute Gasteiger partial charge is 2.00 e. The van der Waals surface area contributed by atoms with Crippen LogP contribution in [0, 0.1) is 14.4 Å². The Bertz CT molecular complexity index is 61.9. The summed E-state index contributed by atoms with van der Waals surface area (Å²) < 4.78 is 0. The summed E-state index contributed by atoms with van der Waals surface area (Å²) in [5.74, 6) is 0.315. The average molecular weight is 165 g/mol. The molecule has 9 heavy (non-hydrogen) atoms. The summed E-state index contributed by atoms with van der Waals surface area (Å²) in [7, 11) is 0. The van der Waals surface area contributed by atoms with Crippen molar-refractivity contribution >= 4 is 5.78 Å². The van der Waals surface area contributed by atoms with Gasteiger partial charge in [-0.15, -0.1) is 0 Å². The van der Waals surface area contributed by atoms with Crippen LogP contribution in [0.4, 0.5) is 0 Å². The van der Waals surface area contributed by atoms with Crippen LogP contribution < -0.4 is 0 Å². The predicted molar refractivity (Wildman–Crippen MR) is 36.3 cm³/mol. The number of ketones is 1. The number of carbonyl (C=O) groups excluding carboxylic acids is 1. The normalized spacial score (nSPS) is 6.89. The van der Waals surface area contributed by atoms with Crippen LogP contribution in [-0.2, 0) is 23.4 Å². The summed E-state index contributed by atoms with van der Waals surface area (Å²) in [6, 6.07) is 0. The first-order chi connectivity index (χ1) is 3.31. The Morgan fingerprint density at radius 1 is 1.56 bits per heavy atom. The van der Waals surface area contributed by atoms with E-state index >= 15 is 0 Å². The molecule has 2 heteroatoms. The van der Waals surface area contributed by atoms with Gasteiger partial charge >= 0.3 is 18.6 Å². The van der Waals surface area contributed by atoms with E-state index in [1.165, 1.54) is 0 Å².